The van der Waals surface area contributed by atoms with E-state index in [2.05, 4.69) is 0 Å². The van der Waals surface area contributed by atoms with Gasteiger partial charge >= 0.3 is 12.1 Å². The van der Waals surface area contributed by atoms with Gasteiger partial charge in [0.1, 0.15) is 12.4 Å². The summed E-state index contributed by atoms with van der Waals surface area (Å²) in [6.07, 6.45) is 1.42. The van der Waals surface area contributed by atoms with Crippen LogP contribution in [0.2, 0.25) is 0 Å². The molecule has 1 fully saturated rings. The third kappa shape index (κ3) is 5.73. The Kier molecular flexibility index (Phi) is 7.68. The van der Waals surface area contributed by atoms with Gasteiger partial charge in [-0.15, -0.1) is 0 Å². The van der Waals surface area contributed by atoms with Crippen molar-refractivity contribution in [2.75, 3.05) is 26.8 Å². The first-order valence-electron chi connectivity index (χ1n) is 10.1. The normalized spacial score (nSPS) is 14.3. The molecule has 0 atom stereocenters. The lowest BCUT2D eigenvalue weighted by Gasteiger charge is -2.31. The lowest BCUT2D eigenvalue weighted by Crippen LogP contribution is -2.40. The molecule has 1 aliphatic rings. The Hall–Kier alpha value is -3.06. The summed E-state index contributed by atoms with van der Waals surface area (Å²) in [5, 5.41) is 0. The fourth-order valence-electron chi connectivity index (χ4n) is 3.43. The van der Waals surface area contributed by atoms with Crippen LogP contribution in [0.1, 0.15) is 34.3 Å². The minimum atomic E-state index is -0.400. The number of hydrogen-bond donors (Lipinski definition) is 1. The van der Waals surface area contributed by atoms with Gasteiger partial charge in [0, 0.05) is 25.2 Å². The van der Waals surface area contributed by atoms with E-state index in [0.717, 1.165) is 24.0 Å². The van der Waals surface area contributed by atoms with E-state index in [1.807, 2.05) is 30.3 Å². The number of likely N-dealkylation sites (tertiary alicyclic amines) is 1. The van der Waals surface area contributed by atoms with Gasteiger partial charge < -0.3 is 24.8 Å². The standard InChI is InChI=1S/C23H28N2O5/c1-28-22(26)19-7-8-21(20(13-19)14-24)29-15-18-9-11-25(12-10-18)23(27)30-16-17-5-3-2-4-6-17/h2-8,13,18H,9-12,14-16,24H2,1H3. The number of amides is 1. The molecule has 0 saturated carbocycles. The average molecular weight is 412 g/mol. The molecule has 2 aromatic carbocycles. The van der Waals surface area contributed by atoms with Crippen molar-refractivity contribution in [3.8, 4) is 5.75 Å². The second-order valence-corrected chi connectivity index (χ2v) is 7.30. The molecule has 2 aromatic rings. The van der Waals surface area contributed by atoms with Crippen LogP contribution in [0, 0.1) is 5.92 Å². The number of benzene rings is 2. The zero-order valence-corrected chi connectivity index (χ0v) is 17.2. The van der Waals surface area contributed by atoms with Crippen molar-refractivity contribution in [1.82, 2.24) is 4.90 Å². The SMILES string of the molecule is COC(=O)c1ccc(OCC2CCN(C(=O)OCc3ccccc3)CC2)c(CN)c1. The van der Waals surface area contributed by atoms with Gasteiger partial charge in [-0.25, -0.2) is 9.59 Å². The first-order valence-corrected chi connectivity index (χ1v) is 10.1. The van der Waals surface area contributed by atoms with Crippen molar-refractivity contribution in [2.45, 2.75) is 26.0 Å². The lowest BCUT2D eigenvalue weighted by molar-refractivity contribution is 0.0600. The summed E-state index contributed by atoms with van der Waals surface area (Å²) >= 11 is 0. The molecule has 1 saturated heterocycles. The van der Waals surface area contributed by atoms with Crippen molar-refractivity contribution >= 4 is 12.1 Å². The van der Waals surface area contributed by atoms with Gasteiger partial charge in [0.2, 0.25) is 0 Å². The quantitative estimate of drug-likeness (QED) is 0.701. The van der Waals surface area contributed by atoms with E-state index in [0.29, 0.717) is 36.9 Å². The van der Waals surface area contributed by atoms with Crippen molar-refractivity contribution in [1.29, 1.82) is 0 Å². The summed E-state index contributed by atoms with van der Waals surface area (Å²) in [6.45, 7) is 2.38. The van der Waals surface area contributed by atoms with Crippen molar-refractivity contribution in [3.05, 3.63) is 65.2 Å². The number of methoxy groups -OCH3 is 1. The summed E-state index contributed by atoms with van der Waals surface area (Å²) in [5.74, 6) is 0.617. The minimum absolute atomic E-state index is 0.270. The first kappa shape index (κ1) is 21.6. The Bertz CT molecular complexity index is 848. The summed E-state index contributed by atoms with van der Waals surface area (Å²) in [6, 6.07) is 14.8. The maximum Gasteiger partial charge on any atom is 0.410 e. The Labute approximate surface area is 176 Å². The summed E-state index contributed by atoms with van der Waals surface area (Å²) in [7, 11) is 1.35. The van der Waals surface area contributed by atoms with E-state index in [1.54, 1.807) is 23.1 Å². The van der Waals surface area contributed by atoms with E-state index < -0.39 is 5.97 Å². The highest BCUT2D eigenvalue weighted by Crippen LogP contribution is 2.24. The Balaban J connectivity index is 1.44. The van der Waals surface area contributed by atoms with Gasteiger partial charge in [-0.1, -0.05) is 30.3 Å². The zero-order chi connectivity index (χ0) is 21.3. The highest BCUT2D eigenvalue weighted by Gasteiger charge is 2.24. The van der Waals surface area contributed by atoms with E-state index in [1.165, 1.54) is 7.11 Å². The van der Waals surface area contributed by atoms with E-state index in [-0.39, 0.29) is 19.2 Å². The van der Waals surface area contributed by atoms with Crippen LogP contribution in [-0.2, 0) is 22.6 Å². The van der Waals surface area contributed by atoms with Gasteiger partial charge in [0.15, 0.2) is 0 Å². The predicted octanol–water partition coefficient (Wildman–Crippen LogP) is 3.36. The van der Waals surface area contributed by atoms with Crippen LogP contribution >= 0.6 is 0 Å². The number of esters is 1. The zero-order valence-electron chi connectivity index (χ0n) is 17.2. The van der Waals surface area contributed by atoms with Crippen LogP contribution in [0.15, 0.2) is 48.5 Å². The number of hydrogen-bond acceptors (Lipinski definition) is 6. The molecule has 0 spiro atoms. The minimum Gasteiger partial charge on any atom is -0.493 e. The molecule has 0 aliphatic carbocycles. The van der Waals surface area contributed by atoms with Gasteiger partial charge in [-0.05, 0) is 42.5 Å². The molecule has 0 aromatic heterocycles. The Morgan fingerprint density at radius 2 is 1.83 bits per heavy atom. The van der Waals surface area contributed by atoms with Crippen molar-refractivity contribution < 1.29 is 23.8 Å². The topological polar surface area (TPSA) is 91.1 Å². The molecule has 7 nitrogen and oxygen atoms in total. The molecule has 160 valence electrons. The number of ether oxygens (including phenoxy) is 3. The molecule has 2 N–H and O–H groups in total. The molecule has 7 heteroatoms. The highest BCUT2D eigenvalue weighted by molar-refractivity contribution is 5.89. The van der Waals surface area contributed by atoms with Crippen LogP contribution in [0.3, 0.4) is 0 Å². The molecule has 1 amide bonds. The molecular formula is C23H28N2O5. The number of piperidine rings is 1. The second-order valence-electron chi connectivity index (χ2n) is 7.30. The van der Waals surface area contributed by atoms with E-state index >= 15 is 0 Å². The molecule has 0 unspecified atom stereocenters. The number of carbonyl (C=O) groups excluding carboxylic acids is 2. The smallest absolute Gasteiger partial charge is 0.410 e. The maximum atomic E-state index is 12.3. The molecule has 0 bridgehead atoms. The highest BCUT2D eigenvalue weighted by atomic mass is 16.6. The fourth-order valence-corrected chi connectivity index (χ4v) is 3.43. The van der Waals surface area contributed by atoms with Gasteiger partial charge in [0.25, 0.3) is 0 Å². The van der Waals surface area contributed by atoms with Gasteiger partial charge in [0.05, 0.1) is 19.3 Å². The third-order valence-corrected chi connectivity index (χ3v) is 5.25. The summed E-state index contributed by atoms with van der Waals surface area (Å²) in [4.78, 5) is 25.7. The monoisotopic (exact) mass is 412 g/mol. The van der Waals surface area contributed by atoms with Crippen molar-refractivity contribution in [3.63, 3.8) is 0 Å². The Morgan fingerprint density at radius 1 is 1.10 bits per heavy atom. The molecule has 1 heterocycles. The number of nitrogens with zero attached hydrogens (tertiary/aromatic N) is 1. The molecule has 0 radical (unpaired) electrons. The van der Waals surface area contributed by atoms with Gasteiger partial charge in [-0.2, -0.15) is 0 Å². The van der Waals surface area contributed by atoms with E-state index in [9.17, 15) is 9.59 Å². The Morgan fingerprint density at radius 3 is 2.50 bits per heavy atom. The van der Waals surface area contributed by atoms with Crippen LogP contribution < -0.4 is 10.5 Å². The number of carbonyl (C=O) groups is 2. The number of nitrogens with two attached hydrogens (primary N) is 1. The molecule has 3 rings (SSSR count). The summed E-state index contributed by atoms with van der Waals surface area (Å²) in [5.41, 5.74) is 7.99. The number of rotatable bonds is 7. The second kappa shape index (κ2) is 10.6. The molecule has 30 heavy (non-hydrogen) atoms. The van der Waals surface area contributed by atoms with Crippen LogP contribution in [-0.4, -0.2) is 43.8 Å². The average Bonchev–Trinajstić information content (AvgIpc) is 2.81. The van der Waals surface area contributed by atoms with Crippen molar-refractivity contribution in [2.24, 2.45) is 11.7 Å². The van der Waals surface area contributed by atoms with Crippen LogP contribution in [0.5, 0.6) is 5.75 Å². The predicted molar refractivity (Wildman–Crippen MR) is 112 cm³/mol. The van der Waals surface area contributed by atoms with Crippen LogP contribution in [0.25, 0.3) is 0 Å². The molecule has 1 aliphatic heterocycles. The first-order chi connectivity index (χ1) is 14.6. The fraction of sp³-hybridized carbons (Fsp3) is 0.391. The maximum absolute atomic E-state index is 12.3. The van der Waals surface area contributed by atoms with Gasteiger partial charge in [-0.3, -0.25) is 0 Å². The lowest BCUT2D eigenvalue weighted by atomic mass is 9.98. The molecular weight excluding hydrogens is 384 g/mol. The van der Waals surface area contributed by atoms with Crippen LogP contribution in [0.4, 0.5) is 4.79 Å². The third-order valence-electron chi connectivity index (χ3n) is 5.25. The van der Waals surface area contributed by atoms with E-state index in [4.69, 9.17) is 19.9 Å². The summed E-state index contributed by atoms with van der Waals surface area (Å²) < 4.78 is 16.1. The largest absolute Gasteiger partial charge is 0.493 e.